The summed E-state index contributed by atoms with van der Waals surface area (Å²) in [6.45, 7) is 1.15. The Morgan fingerprint density at radius 3 is 2.56 bits per heavy atom. The molecule has 0 saturated carbocycles. The lowest BCUT2D eigenvalue weighted by Gasteiger charge is -2.11. The Kier molecular flexibility index (Phi) is 4.08. The van der Waals surface area contributed by atoms with E-state index >= 15 is 0 Å². The van der Waals surface area contributed by atoms with E-state index in [1.807, 2.05) is 53.4 Å². The molecule has 0 N–H and O–H groups in total. The molecular formula is C19H17N5O. The van der Waals surface area contributed by atoms with Crippen molar-refractivity contribution in [1.82, 2.24) is 24.3 Å². The molecule has 0 fully saturated rings. The number of imidazole rings is 1. The number of aryl methyl sites for hydroxylation is 2. The van der Waals surface area contributed by atoms with Crippen LogP contribution in [0.3, 0.4) is 0 Å². The number of hydrogen-bond donors (Lipinski definition) is 0. The molecule has 0 aliphatic rings. The van der Waals surface area contributed by atoms with Crippen molar-refractivity contribution in [2.75, 3.05) is 0 Å². The van der Waals surface area contributed by atoms with Gasteiger partial charge in [-0.25, -0.2) is 9.67 Å². The average Bonchev–Trinajstić information content (AvgIpc) is 3.17. The SMILES string of the molecule is O=c1c2ccccc2c(Cc2cccnc2)nn1CCn1ccnc1. The highest BCUT2D eigenvalue weighted by Gasteiger charge is 2.11. The molecule has 3 aromatic heterocycles. The molecule has 124 valence electrons. The van der Waals surface area contributed by atoms with Gasteiger partial charge < -0.3 is 4.57 Å². The molecule has 0 amide bonds. The first-order valence-electron chi connectivity index (χ1n) is 8.14. The van der Waals surface area contributed by atoms with Crippen LogP contribution in [0.25, 0.3) is 10.8 Å². The summed E-state index contributed by atoms with van der Waals surface area (Å²) < 4.78 is 3.48. The maximum absolute atomic E-state index is 12.8. The molecule has 25 heavy (non-hydrogen) atoms. The number of pyridine rings is 1. The number of hydrogen-bond acceptors (Lipinski definition) is 4. The lowest BCUT2D eigenvalue weighted by molar-refractivity contribution is 0.508. The molecule has 6 heteroatoms. The molecule has 4 aromatic rings. The molecule has 0 spiro atoms. The predicted octanol–water partition coefficient (Wildman–Crippen LogP) is 2.28. The van der Waals surface area contributed by atoms with Gasteiger partial charge in [-0.1, -0.05) is 24.3 Å². The highest BCUT2D eigenvalue weighted by Crippen LogP contribution is 2.16. The monoisotopic (exact) mass is 331 g/mol. The van der Waals surface area contributed by atoms with Crippen LogP contribution in [0.1, 0.15) is 11.3 Å². The topological polar surface area (TPSA) is 65.6 Å². The molecule has 1 aromatic carbocycles. The third-order valence-corrected chi connectivity index (χ3v) is 4.17. The van der Waals surface area contributed by atoms with Crippen LogP contribution in [0.2, 0.25) is 0 Å². The minimum absolute atomic E-state index is 0.0642. The Labute approximate surface area is 144 Å². The molecule has 0 unspecified atom stereocenters. The quantitative estimate of drug-likeness (QED) is 0.563. The second-order valence-electron chi connectivity index (χ2n) is 5.86. The van der Waals surface area contributed by atoms with E-state index < -0.39 is 0 Å². The van der Waals surface area contributed by atoms with Crippen LogP contribution in [0, 0.1) is 0 Å². The molecule has 4 rings (SSSR count). The van der Waals surface area contributed by atoms with Crippen molar-refractivity contribution >= 4 is 10.8 Å². The zero-order valence-corrected chi connectivity index (χ0v) is 13.6. The van der Waals surface area contributed by atoms with Crippen LogP contribution in [0.5, 0.6) is 0 Å². The highest BCUT2D eigenvalue weighted by atomic mass is 16.1. The Morgan fingerprint density at radius 1 is 0.920 bits per heavy atom. The van der Waals surface area contributed by atoms with E-state index in [1.165, 1.54) is 0 Å². The van der Waals surface area contributed by atoms with Gasteiger partial charge in [0.1, 0.15) is 0 Å². The standard InChI is InChI=1S/C19H17N5O/c25-19-17-6-2-1-5-16(17)18(12-15-4-3-7-20-13-15)22-24(19)11-10-23-9-8-21-14-23/h1-9,13-14H,10-12H2. The second kappa shape index (κ2) is 6.68. The Hall–Kier alpha value is -3.28. The molecule has 0 saturated heterocycles. The molecule has 0 bridgehead atoms. The molecule has 0 aliphatic carbocycles. The van der Waals surface area contributed by atoms with Gasteiger partial charge in [0, 0.05) is 43.1 Å². The Bertz CT molecular complexity index is 1040. The van der Waals surface area contributed by atoms with Crippen molar-refractivity contribution in [3.8, 4) is 0 Å². The maximum atomic E-state index is 12.8. The first-order chi connectivity index (χ1) is 12.3. The van der Waals surface area contributed by atoms with Crippen LogP contribution in [-0.4, -0.2) is 24.3 Å². The number of nitrogens with zero attached hydrogens (tertiary/aromatic N) is 5. The van der Waals surface area contributed by atoms with Crippen LogP contribution in [-0.2, 0) is 19.5 Å². The van der Waals surface area contributed by atoms with Crippen molar-refractivity contribution in [1.29, 1.82) is 0 Å². The lowest BCUT2D eigenvalue weighted by Crippen LogP contribution is -2.26. The van der Waals surface area contributed by atoms with Gasteiger partial charge in [0.05, 0.1) is 24.0 Å². The van der Waals surface area contributed by atoms with E-state index in [0.717, 1.165) is 16.6 Å². The summed E-state index contributed by atoms with van der Waals surface area (Å²) in [6.07, 6.45) is 9.56. The average molecular weight is 331 g/mol. The lowest BCUT2D eigenvalue weighted by atomic mass is 10.1. The van der Waals surface area contributed by atoms with Gasteiger partial charge in [0.15, 0.2) is 0 Å². The van der Waals surface area contributed by atoms with E-state index in [2.05, 4.69) is 15.1 Å². The molecular weight excluding hydrogens is 314 g/mol. The van der Waals surface area contributed by atoms with Crippen molar-refractivity contribution in [3.63, 3.8) is 0 Å². The molecule has 0 radical (unpaired) electrons. The van der Waals surface area contributed by atoms with Gasteiger partial charge in [-0.15, -0.1) is 0 Å². The Morgan fingerprint density at radius 2 is 1.80 bits per heavy atom. The van der Waals surface area contributed by atoms with Crippen molar-refractivity contribution < 1.29 is 0 Å². The summed E-state index contributed by atoms with van der Waals surface area (Å²) in [5, 5.41) is 6.23. The predicted molar refractivity (Wildman–Crippen MR) is 95.3 cm³/mol. The normalized spacial score (nSPS) is 11.0. The summed E-state index contributed by atoms with van der Waals surface area (Å²) in [5.41, 5.74) is 1.89. The smallest absolute Gasteiger partial charge is 0.274 e. The van der Waals surface area contributed by atoms with Crippen molar-refractivity contribution in [2.24, 2.45) is 0 Å². The Balaban J connectivity index is 1.75. The maximum Gasteiger partial charge on any atom is 0.274 e. The van der Waals surface area contributed by atoms with Gasteiger partial charge in [0.2, 0.25) is 0 Å². The first-order valence-corrected chi connectivity index (χ1v) is 8.14. The van der Waals surface area contributed by atoms with E-state index in [0.29, 0.717) is 24.9 Å². The second-order valence-corrected chi connectivity index (χ2v) is 5.86. The zero-order chi connectivity index (χ0) is 17.1. The zero-order valence-electron chi connectivity index (χ0n) is 13.6. The first kappa shape index (κ1) is 15.3. The number of fused-ring (bicyclic) bond motifs is 1. The minimum Gasteiger partial charge on any atom is -0.336 e. The summed E-state index contributed by atoms with van der Waals surface area (Å²) in [5.74, 6) is 0. The summed E-state index contributed by atoms with van der Waals surface area (Å²) in [6, 6.07) is 11.6. The third-order valence-electron chi connectivity index (χ3n) is 4.17. The third kappa shape index (κ3) is 3.19. The molecule has 3 heterocycles. The van der Waals surface area contributed by atoms with Crippen LogP contribution in [0.4, 0.5) is 0 Å². The van der Waals surface area contributed by atoms with E-state index in [-0.39, 0.29) is 5.56 Å². The number of benzene rings is 1. The van der Waals surface area contributed by atoms with Crippen LogP contribution in [0.15, 0.2) is 72.3 Å². The van der Waals surface area contributed by atoms with Crippen LogP contribution < -0.4 is 5.56 Å². The van der Waals surface area contributed by atoms with Crippen molar-refractivity contribution in [2.45, 2.75) is 19.5 Å². The fraction of sp³-hybridized carbons (Fsp3) is 0.158. The van der Waals surface area contributed by atoms with Crippen LogP contribution >= 0.6 is 0 Å². The van der Waals surface area contributed by atoms with E-state index in [4.69, 9.17) is 0 Å². The number of rotatable bonds is 5. The number of aromatic nitrogens is 5. The summed E-state index contributed by atoms with van der Waals surface area (Å²) in [7, 11) is 0. The van der Waals surface area contributed by atoms with Gasteiger partial charge in [-0.05, 0) is 17.7 Å². The van der Waals surface area contributed by atoms with Gasteiger partial charge in [0.25, 0.3) is 5.56 Å². The fourth-order valence-electron chi connectivity index (χ4n) is 2.91. The van der Waals surface area contributed by atoms with E-state index in [1.54, 1.807) is 23.4 Å². The molecule has 0 atom stereocenters. The fourth-order valence-corrected chi connectivity index (χ4v) is 2.91. The van der Waals surface area contributed by atoms with Gasteiger partial charge >= 0.3 is 0 Å². The highest BCUT2D eigenvalue weighted by molar-refractivity contribution is 5.83. The summed E-state index contributed by atoms with van der Waals surface area (Å²) in [4.78, 5) is 20.9. The van der Waals surface area contributed by atoms with Gasteiger partial charge in [-0.2, -0.15) is 5.10 Å². The molecule has 6 nitrogen and oxygen atoms in total. The largest absolute Gasteiger partial charge is 0.336 e. The summed E-state index contributed by atoms with van der Waals surface area (Å²) >= 11 is 0. The van der Waals surface area contributed by atoms with Crippen molar-refractivity contribution in [3.05, 3.63) is 89.1 Å². The van der Waals surface area contributed by atoms with Gasteiger partial charge in [-0.3, -0.25) is 9.78 Å². The van der Waals surface area contributed by atoms with E-state index in [9.17, 15) is 4.79 Å². The molecule has 0 aliphatic heterocycles. The minimum atomic E-state index is -0.0642.